The van der Waals surface area contributed by atoms with Crippen LogP contribution in [-0.4, -0.2) is 16.2 Å². The van der Waals surface area contributed by atoms with Gasteiger partial charge in [0.05, 0.1) is 16.9 Å². The Labute approximate surface area is 180 Å². The quantitative estimate of drug-likeness (QED) is 0.229. The standard InChI is InChI=1S/C21H12ClNO4S2/c22-14-5-7-15(8-6-14)23-19(24)18(29-21(23)28)12-13-3-9-16(10-4-13)27-20(25)17-2-1-11-26-17/h1-12H. The first-order valence-corrected chi connectivity index (χ1v) is 10.0. The highest BCUT2D eigenvalue weighted by molar-refractivity contribution is 8.27. The van der Waals surface area contributed by atoms with Crippen LogP contribution in [0.25, 0.3) is 6.08 Å². The van der Waals surface area contributed by atoms with Crippen molar-refractivity contribution in [2.75, 3.05) is 4.90 Å². The Bertz CT molecular complexity index is 1110. The number of esters is 1. The van der Waals surface area contributed by atoms with Gasteiger partial charge in [0.2, 0.25) is 5.76 Å². The van der Waals surface area contributed by atoms with Gasteiger partial charge in [0.15, 0.2) is 4.32 Å². The summed E-state index contributed by atoms with van der Waals surface area (Å²) < 4.78 is 10.7. The summed E-state index contributed by atoms with van der Waals surface area (Å²) in [5, 5.41) is 0.586. The number of furan rings is 1. The molecule has 4 rings (SSSR count). The number of benzene rings is 2. The molecular formula is C21H12ClNO4S2. The van der Waals surface area contributed by atoms with E-state index in [4.69, 9.17) is 33.0 Å². The molecular weight excluding hydrogens is 430 g/mol. The summed E-state index contributed by atoms with van der Waals surface area (Å²) in [6.07, 6.45) is 3.15. The Balaban J connectivity index is 1.49. The van der Waals surface area contributed by atoms with Gasteiger partial charge in [-0.2, -0.15) is 0 Å². The number of ether oxygens (including phenoxy) is 1. The summed E-state index contributed by atoms with van der Waals surface area (Å²) in [6, 6.07) is 16.8. The van der Waals surface area contributed by atoms with Crippen molar-refractivity contribution in [1.29, 1.82) is 0 Å². The smallest absolute Gasteiger partial charge is 0.379 e. The Morgan fingerprint density at radius 3 is 2.48 bits per heavy atom. The van der Waals surface area contributed by atoms with E-state index >= 15 is 0 Å². The molecule has 0 unspecified atom stereocenters. The first-order chi connectivity index (χ1) is 14.0. The fraction of sp³-hybridized carbons (Fsp3) is 0. The first-order valence-electron chi connectivity index (χ1n) is 8.40. The molecule has 0 bridgehead atoms. The molecule has 29 heavy (non-hydrogen) atoms. The zero-order valence-electron chi connectivity index (χ0n) is 14.7. The highest BCUT2D eigenvalue weighted by Crippen LogP contribution is 2.36. The Kier molecular flexibility index (Phi) is 5.53. The van der Waals surface area contributed by atoms with E-state index in [1.807, 2.05) is 0 Å². The molecule has 1 aromatic heterocycles. The topological polar surface area (TPSA) is 59.8 Å². The van der Waals surface area contributed by atoms with Crippen molar-refractivity contribution in [2.24, 2.45) is 0 Å². The third-order valence-electron chi connectivity index (χ3n) is 3.99. The fourth-order valence-corrected chi connectivity index (χ4v) is 4.04. The average molecular weight is 442 g/mol. The van der Waals surface area contributed by atoms with E-state index in [0.29, 0.717) is 25.7 Å². The Hall–Kier alpha value is -2.87. The summed E-state index contributed by atoms with van der Waals surface area (Å²) in [5.74, 6) is -0.278. The van der Waals surface area contributed by atoms with Crippen LogP contribution in [0.2, 0.25) is 5.02 Å². The summed E-state index contributed by atoms with van der Waals surface area (Å²) in [4.78, 5) is 26.7. The predicted molar refractivity (Wildman–Crippen MR) is 117 cm³/mol. The van der Waals surface area contributed by atoms with Crippen LogP contribution in [-0.2, 0) is 4.79 Å². The fourth-order valence-electron chi connectivity index (χ4n) is 2.62. The normalized spacial score (nSPS) is 15.2. The third-order valence-corrected chi connectivity index (χ3v) is 5.54. The van der Waals surface area contributed by atoms with Crippen molar-refractivity contribution in [3.8, 4) is 5.75 Å². The largest absolute Gasteiger partial charge is 0.457 e. The monoisotopic (exact) mass is 441 g/mol. The van der Waals surface area contributed by atoms with Crippen LogP contribution in [0.3, 0.4) is 0 Å². The molecule has 3 aromatic rings. The second kappa shape index (κ2) is 8.24. The van der Waals surface area contributed by atoms with Crippen LogP contribution in [0.5, 0.6) is 5.75 Å². The van der Waals surface area contributed by atoms with Crippen molar-refractivity contribution in [1.82, 2.24) is 0 Å². The number of thioether (sulfide) groups is 1. The summed E-state index contributed by atoms with van der Waals surface area (Å²) in [7, 11) is 0. The van der Waals surface area contributed by atoms with Crippen LogP contribution in [0.1, 0.15) is 16.1 Å². The van der Waals surface area contributed by atoms with Crippen molar-refractivity contribution >= 4 is 63.5 Å². The van der Waals surface area contributed by atoms with Crippen LogP contribution in [0.4, 0.5) is 5.69 Å². The minimum Gasteiger partial charge on any atom is -0.457 e. The van der Waals surface area contributed by atoms with Crippen LogP contribution < -0.4 is 9.64 Å². The second-order valence-corrected chi connectivity index (χ2v) is 8.04. The predicted octanol–water partition coefficient (Wildman–Crippen LogP) is 5.56. The maximum atomic E-state index is 12.8. The molecule has 1 amide bonds. The molecule has 2 aromatic carbocycles. The van der Waals surface area contributed by atoms with Crippen LogP contribution in [0.15, 0.2) is 76.2 Å². The number of amides is 1. The highest BCUT2D eigenvalue weighted by Gasteiger charge is 2.33. The van der Waals surface area contributed by atoms with Crippen LogP contribution in [0, 0.1) is 0 Å². The maximum Gasteiger partial charge on any atom is 0.379 e. The number of hydrogen-bond donors (Lipinski definition) is 0. The van der Waals surface area contributed by atoms with E-state index in [1.54, 1.807) is 60.7 Å². The number of carbonyl (C=O) groups excluding carboxylic acids is 2. The molecule has 0 atom stereocenters. The van der Waals surface area contributed by atoms with Gasteiger partial charge in [0.25, 0.3) is 5.91 Å². The minimum absolute atomic E-state index is 0.125. The lowest BCUT2D eigenvalue weighted by atomic mass is 10.2. The van der Waals surface area contributed by atoms with Gasteiger partial charge in [-0.3, -0.25) is 9.69 Å². The van der Waals surface area contributed by atoms with Gasteiger partial charge in [-0.05, 0) is 60.2 Å². The van der Waals surface area contributed by atoms with E-state index in [9.17, 15) is 9.59 Å². The van der Waals surface area contributed by atoms with Gasteiger partial charge >= 0.3 is 5.97 Å². The van der Waals surface area contributed by atoms with Crippen molar-refractivity contribution in [3.63, 3.8) is 0 Å². The van der Waals surface area contributed by atoms with E-state index in [1.165, 1.54) is 29.0 Å². The molecule has 5 nitrogen and oxygen atoms in total. The summed E-state index contributed by atoms with van der Waals surface area (Å²) in [6.45, 7) is 0. The lowest BCUT2D eigenvalue weighted by Gasteiger charge is -2.14. The van der Waals surface area contributed by atoms with E-state index in [2.05, 4.69) is 0 Å². The lowest BCUT2D eigenvalue weighted by Crippen LogP contribution is -2.27. The zero-order chi connectivity index (χ0) is 20.4. The van der Waals surface area contributed by atoms with E-state index in [-0.39, 0.29) is 11.7 Å². The molecule has 1 saturated heterocycles. The highest BCUT2D eigenvalue weighted by atomic mass is 35.5. The van der Waals surface area contributed by atoms with Gasteiger partial charge < -0.3 is 9.15 Å². The molecule has 0 saturated carbocycles. The molecule has 144 valence electrons. The SMILES string of the molecule is O=C(Oc1ccc(C=C2SC(=S)N(c3ccc(Cl)cc3)C2=O)cc1)c1ccco1. The second-order valence-electron chi connectivity index (χ2n) is 5.93. The van der Waals surface area contributed by atoms with Gasteiger partial charge in [0.1, 0.15) is 5.75 Å². The summed E-state index contributed by atoms with van der Waals surface area (Å²) in [5.41, 5.74) is 1.44. The van der Waals surface area contributed by atoms with E-state index in [0.717, 1.165) is 5.56 Å². The van der Waals surface area contributed by atoms with Gasteiger partial charge in [0, 0.05) is 5.02 Å². The molecule has 2 heterocycles. The van der Waals surface area contributed by atoms with E-state index < -0.39 is 5.97 Å². The number of halogens is 1. The number of thiocarbonyl (C=S) groups is 1. The number of hydrogen-bond acceptors (Lipinski definition) is 6. The molecule has 0 spiro atoms. The lowest BCUT2D eigenvalue weighted by molar-refractivity contribution is -0.113. The number of rotatable bonds is 4. The molecule has 8 heteroatoms. The molecule has 1 fully saturated rings. The van der Waals surface area contributed by atoms with Crippen molar-refractivity contribution < 1.29 is 18.7 Å². The van der Waals surface area contributed by atoms with Gasteiger partial charge in [-0.15, -0.1) is 0 Å². The number of carbonyl (C=O) groups is 2. The zero-order valence-corrected chi connectivity index (χ0v) is 17.1. The minimum atomic E-state index is -0.577. The average Bonchev–Trinajstić information content (AvgIpc) is 3.34. The first kappa shape index (κ1) is 19.4. The third kappa shape index (κ3) is 4.27. The molecule has 1 aliphatic rings. The van der Waals surface area contributed by atoms with Crippen LogP contribution >= 0.6 is 35.6 Å². The molecule has 0 aliphatic carbocycles. The number of anilines is 1. The Morgan fingerprint density at radius 2 is 1.83 bits per heavy atom. The van der Waals surface area contributed by atoms with Crippen molar-refractivity contribution in [3.05, 3.63) is 88.2 Å². The number of nitrogens with zero attached hydrogens (tertiary/aromatic N) is 1. The van der Waals surface area contributed by atoms with Crippen molar-refractivity contribution in [2.45, 2.75) is 0 Å². The Morgan fingerprint density at radius 1 is 1.10 bits per heavy atom. The summed E-state index contributed by atoms with van der Waals surface area (Å²) >= 11 is 12.5. The molecule has 0 N–H and O–H groups in total. The van der Waals surface area contributed by atoms with Gasteiger partial charge in [-0.25, -0.2) is 4.79 Å². The maximum absolute atomic E-state index is 12.8. The van der Waals surface area contributed by atoms with Gasteiger partial charge in [-0.1, -0.05) is 47.7 Å². The molecule has 0 radical (unpaired) electrons. The molecule has 1 aliphatic heterocycles.